The lowest BCUT2D eigenvalue weighted by atomic mass is 10.0. The van der Waals surface area contributed by atoms with Gasteiger partial charge in [0.25, 0.3) is 5.91 Å². The molecule has 2 heterocycles. The molecule has 0 radical (unpaired) electrons. The van der Waals surface area contributed by atoms with E-state index in [4.69, 9.17) is 4.99 Å². The fraction of sp³-hybridized carbons (Fsp3) is 0.250. The van der Waals surface area contributed by atoms with E-state index in [1.807, 2.05) is 30.5 Å². The van der Waals surface area contributed by atoms with Crippen LogP contribution in [-0.4, -0.2) is 22.3 Å². The van der Waals surface area contributed by atoms with Crippen molar-refractivity contribution in [2.75, 3.05) is 6.26 Å². The number of carbonyl (C=O) groups is 1. The molecule has 132 valence electrons. The van der Waals surface area contributed by atoms with Gasteiger partial charge in [-0.3, -0.25) is 15.1 Å². The Morgan fingerprint density at radius 3 is 2.54 bits per heavy atom. The minimum Gasteiger partial charge on any atom is -0.298 e. The summed E-state index contributed by atoms with van der Waals surface area (Å²) in [5.74, 6) is 0.326. The Balaban J connectivity index is 1.90. The first-order chi connectivity index (χ1) is 12.6. The van der Waals surface area contributed by atoms with E-state index >= 15 is 0 Å². The molecule has 2 aliphatic rings. The summed E-state index contributed by atoms with van der Waals surface area (Å²) in [5, 5.41) is 11.4. The van der Waals surface area contributed by atoms with Crippen LogP contribution in [0.1, 0.15) is 37.1 Å². The highest BCUT2D eigenvalue weighted by molar-refractivity contribution is 8.13. The number of amidine groups is 1. The van der Waals surface area contributed by atoms with E-state index in [0.29, 0.717) is 16.8 Å². The first-order valence-corrected chi connectivity index (χ1v) is 9.81. The molecule has 26 heavy (non-hydrogen) atoms. The Morgan fingerprint density at radius 1 is 1.12 bits per heavy atom. The number of rotatable bonds is 2. The van der Waals surface area contributed by atoms with Crippen molar-refractivity contribution < 1.29 is 4.79 Å². The van der Waals surface area contributed by atoms with Crippen molar-refractivity contribution in [1.29, 1.82) is 0 Å². The molecule has 0 saturated carbocycles. The number of thioether (sulfide) groups is 1. The van der Waals surface area contributed by atoms with Crippen molar-refractivity contribution in [3.63, 3.8) is 0 Å². The molecule has 0 bridgehead atoms. The van der Waals surface area contributed by atoms with Gasteiger partial charge in [0, 0.05) is 5.22 Å². The van der Waals surface area contributed by atoms with Crippen LogP contribution in [0.4, 0.5) is 0 Å². The average molecular weight is 364 g/mol. The number of para-hydroxylation sites is 1. The van der Waals surface area contributed by atoms with Crippen LogP contribution in [0.3, 0.4) is 0 Å². The van der Waals surface area contributed by atoms with Gasteiger partial charge >= 0.3 is 0 Å². The van der Waals surface area contributed by atoms with E-state index in [9.17, 15) is 4.79 Å². The van der Waals surface area contributed by atoms with Crippen LogP contribution in [0.5, 0.6) is 0 Å². The number of fused-ring (bicyclic) bond motifs is 2. The summed E-state index contributed by atoms with van der Waals surface area (Å²) in [6.45, 7) is 4.35. The van der Waals surface area contributed by atoms with Crippen LogP contribution in [0.25, 0.3) is 5.70 Å². The average Bonchev–Trinajstić information content (AvgIpc) is 2.67. The second-order valence-corrected chi connectivity index (χ2v) is 7.39. The zero-order valence-electron chi connectivity index (χ0n) is 14.9. The second-order valence-electron chi connectivity index (χ2n) is 6.60. The fourth-order valence-electron chi connectivity index (χ4n) is 3.19. The summed E-state index contributed by atoms with van der Waals surface area (Å²) in [4.78, 5) is 17.6. The lowest BCUT2D eigenvalue weighted by Gasteiger charge is -2.34. The van der Waals surface area contributed by atoms with Gasteiger partial charge in [-0.15, -0.1) is 5.10 Å². The molecule has 0 aromatic heterocycles. The number of nitrogens with zero attached hydrogens (tertiary/aromatic N) is 3. The van der Waals surface area contributed by atoms with Crippen LogP contribution >= 0.6 is 11.8 Å². The highest BCUT2D eigenvalue weighted by Gasteiger charge is 2.34. The van der Waals surface area contributed by atoms with Gasteiger partial charge < -0.3 is 0 Å². The number of hydrogen-bond acceptors (Lipinski definition) is 5. The van der Waals surface area contributed by atoms with Gasteiger partial charge in [0.15, 0.2) is 11.3 Å². The first-order valence-electron chi connectivity index (χ1n) is 8.58. The molecule has 2 aromatic carbocycles. The molecule has 4 rings (SSSR count). The van der Waals surface area contributed by atoms with Crippen LogP contribution in [-0.2, 0) is 4.79 Å². The summed E-state index contributed by atoms with van der Waals surface area (Å²) in [7, 11) is 0. The van der Waals surface area contributed by atoms with Gasteiger partial charge in [0.1, 0.15) is 5.70 Å². The van der Waals surface area contributed by atoms with E-state index in [2.05, 4.69) is 48.5 Å². The number of nitrogens with one attached hydrogen (secondary N) is 1. The number of carbonyl (C=O) groups excluding carboxylic acids is 1. The van der Waals surface area contributed by atoms with Gasteiger partial charge in [-0.25, -0.2) is 5.01 Å². The quantitative estimate of drug-likeness (QED) is 0.890. The lowest BCUT2D eigenvalue weighted by Crippen LogP contribution is -2.50. The van der Waals surface area contributed by atoms with Crippen LogP contribution in [0.2, 0.25) is 0 Å². The topological polar surface area (TPSA) is 57.1 Å². The van der Waals surface area contributed by atoms with Gasteiger partial charge in [-0.1, -0.05) is 68.1 Å². The SMILES string of the molecule is CSC1=NN2C(=c3ccccc3=NC2c2ccc(C(C)C)cc2)C(=O)N1. The molecule has 1 amide bonds. The zero-order valence-corrected chi connectivity index (χ0v) is 15.7. The number of hydrogen-bond donors (Lipinski definition) is 1. The maximum absolute atomic E-state index is 12.8. The number of hydrazone groups is 1. The van der Waals surface area contributed by atoms with E-state index in [1.54, 1.807) is 5.01 Å². The van der Waals surface area contributed by atoms with Crippen molar-refractivity contribution in [3.8, 4) is 0 Å². The molecule has 6 heteroatoms. The Hall–Kier alpha value is -2.60. The molecule has 1 atom stereocenters. The Bertz CT molecular complexity index is 1010. The van der Waals surface area contributed by atoms with E-state index < -0.39 is 0 Å². The summed E-state index contributed by atoms with van der Waals surface area (Å²) < 4.78 is 0. The fourth-order valence-corrected chi connectivity index (χ4v) is 3.55. The Morgan fingerprint density at radius 2 is 1.85 bits per heavy atom. The van der Waals surface area contributed by atoms with E-state index in [0.717, 1.165) is 16.1 Å². The molecule has 1 unspecified atom stereocenters. The third-order valence-corrected chi connectivity index (χ3v) is 5.18. The molecule has 0 fully saturated rings. The first kappa shape index (κ1) is 16.8. The third kappa shape index (κ3) is 2.80. The highest BCUT2D eigenvalue weighted by Crippen LogP contribution is 2.31. The van der Waals surface area contributed by atoms with Crippen molar-refractivity contribution in [2.24, 2.45) is 10.1 Å². The number of amides is 1. The molecular formula is C20H20N4OS. The Labute approximate surface area is 156 Å². The minimum absolute atomic E-state index is 0.143. The second kappa shape index (κ2) is 6.61. The van der Waals surface area contributed by atoms with Crippen molar-refractivity contribution in [3.05, 3.63) is 70.2 Å². The highest BCUT2D eigenvalue weighted by atomic mass is 32.2. The van der Waals surface area contributed by atoms with Crippen molar-refractivity contribution in [1.82, 2.24) is 10.3 Å². The smallest absolute Gasteiger partial charge is 0.276 e. The lowest BCUT2D eigenvalue weighted by molar-refractivity contribution is -0.116. The summed E-state index contributed by atoms with van der Waals surface area (Å²) in [6, 6.07) is 16.1. The Kier molecular flexibility index (Phi) is 4.28. The zero-order chi connectivity index (χ0) is 18.3. The molecule has 2 aliphatic heterocycles. The molecule has 1 N–H and O–H groups in total. The maximum atomic E-state index is 12.8. The van der Waals surface area contributed by atoms with E-state index in [-0.39, 0.29) is 12.1 Å². The van der Waals surface area contributed by atoms with Crippen LogP contribution in [0, 0.1) is 0 Å². The van der Waals surface area contributed by atoms with Crippen LogP contribution < -0.4 is 15.9 Å². The summed E-state index contributed by atoms with van der Waals surface area (Å²) in [5.41, 5.74) is 2.84. The van der Waals surface area contributed by atoms with Crippen molar-refractivity contribution in [2.45, 2.75) is 25.9 Å². The van der Waals surface area contributed by atoms with Crippen LogP contribution in [0.15, 0.2) is 58.6 Å². The predicted molar refractivity (Wildman–Crippen MR) is 105 cm³/mol. The molecular weight excluding hydrogens is 344 g/mol. The van der Waals surface area contributed by atoms with Gasteiger partial charge in [-0.2, -0.15) is 0 Å². The van der Waals surface area contributed by atoms with Gasteiger partial charge in [0.05, 0.1) is 5.36 Å². The third-order valence-electron chi connectivity index (χ3n) is 4.61. The largest absolute Gasteiger partial charge is 0.298 e. The summed E-state index contributed by atoms with van der Waals surface area (Å²) >= 11 is 1.41. The molecule has 0 aliphatic carbocycles. The number of benzene rings is 2. The predicted octanol–water partition coefficient (Wildman–Crippen LogP) is 2.32. The molecule has 5 nitrogen and oxygen atoms in total. The molecule has 2 aromatic rings. The van der Waals surface area contributed by atoms with E-state index in [1.165, 1.54) is 17.3 Å². The minimum atomic E-state index is -0.352. The maximum Gasteiger partial charge on any atom is 0.276 e. The molecule has 0 saturated heterocycles. The van der Waals surface area contributed by atoms with Gasteiger partial charge in [0.2, 0.25) is 0 Å². The molecule has 0 spiro atoms. The standard InChI is InChI=1S/C20H20N4OS/c1-12(2)13-8-10-14(11-9-13)18-21-16-7-5-4-6-15(16)17-19(25)22-20(26-3)23-24(17)18/h4-12,18H,1-3H3,(H,22,23,25). The summed E-state index contributed by atoms with van der Waals surface area (Å²) in [6.07, 6.45) is 1.54. The monoisotopic (exact) mass is 364 g/mol. The van der Waals surface area contributed by atoms with Crippen molar-refractivity contribution >= 4 is 28.5 Å². The normalized spacial score (nSPS) is 18.7. The van der Waals surface area contributed by atoms with Gasteiger partial charge in [-0.05, 0) is 29.4 Å².